The second-order valence-electron chi connectivity index (χ2n) is 11.9. The molecule has 0 radical (unpaired) electrons. The number of amides is 2. The van der Waals surface area contributed by atoms with E-state index in [1.54, 1.807) is 18.5 Å². The van der Waals surface area contributed by atoms with Crippen molar-refractivity contribution < 1.29 is 44.2 Å². The van der Waals surface area contributed by atoms with E-state index in [-0.39, 0.29) is 24.4 Å². The average Bonchev–Trinajstić information content (AvgIpc) is 3.57. The number of hydrogen-bond donors (Lipinski definition) is 6. The van der Waals surface area contributed by atoms with Crippen LogP contribution in [0.5, 0.6) is 5.75 Å². The number of aliphatic hydroxyl groups excluding tert-OH is 5. The maximum absolute atomic E-state index is 14.8. The van der Waals surface area contributed by atoms with E-state index in [1.165, 1.54) is 17.0 Å². The van der Waals surface area contributed by atoms with Crippen molar-refractivity contribution in [2.45, 2.75) is 62.9 Å². The minimum absolute atomic E-state index is 0.117. The number of aromatic nitrogens is 2. The van der Waals surface area contributed by atoms with Gasteiger partial charge in [-0.1, -0.05) is 17.7 Å². The van der Waals surface area contributed by atoms with Gasteiger partial charge in [0.2, 0.25) is 17.8 Å². The third-order valence-corrected chi connectivity index (χ3v) is 8.81. The van der Waals surface area contributed by atoms with Crippen LogP contribution in [0.15, 0.2) is 30.6 Å². The number of ether oxygens (including phenoxy) is 1. The largest absolute Gasteiger partial charge is 0.493 e. The minimum atomic E-state index is -1.80. The lowest BCUT2D eigenvalue weighted by Crippen LogP contribution is -2.50. The number of rotatable bonds is 15. The first-order valence-electron chi connectivity index (χ1n) is 15.6. The summed E-state index contributed by atoms with van der Waals surface area (Å²) < 4.78 is 20.6. The summed E-state index contributed by atoms with van der Waals surface area (Å²) in [4.78, 5) is 37.6. The van der Waals surface area contributed by atoms with Crippen LogP contribution in [0, 0.1) is 17.7 Å². The van der Waals surface area contributed by atoms with Crippen LogP contribution >= 0.6 is 11.6 Å². The van der Waals surface area contributed by atoms with E-state index < -0.39 is 55.2 Å². The predicted molar refractivity (Wildman–Crippen MR) is 166 cm³/mol. The summed E-state index contributed by atoms with van der Waals surface area (Å²) in [5.41, 5.74) is 0.224. The highest BCUT2D eigenvalue weighted by Crippen LogP contribution is 2.25. The predicted octanol–water partition coefficient (Wildman–Crippen LogP) is 0.288. The van der Waals surface area contributed by atoms with Crippen molar-refractivity contribution in [2.75, 3.05) is 50.8 Å². The number of halogens is 2. The first kappa shape index (κ1) is 35.7. The highest BCUT2D eigenvalue weighted by atomic mass is 35.5. The fourth-order valence-corrected chi connectivity index (χ4v) is 5.82. The molecule has 2 saturated heterocycles. The zero-order valence-corrected chi connectivity index (χ0v) is 26.3. The van der Waals surface area contributed by atoms with Gasteiger partial charge in [0, 0.05) is 38.8 Å². The third-order valence-electron chi connectivity index (χ3n) is 8.62. The molecule has 2 aromatic rings. The lowest BCUT2D eigenvalue weighted by Gasteiger charge is -2.31. The van der Waals surface area contributed by atoms with Gasteiger partial charge >= 0.3 is 0 Å². The molecule has 0 bridgehead atoms. The smallest absolute Gasteiger partial charge is 0.227 e. The maximum Gasteiger partial charge on any atom is 0.227 e. The van der Waals surface area contributed by atoms with Gasteiger partial charge in [0.25, 0.3) is 0 Å². The molecule has 1 aromatic heterocycles. The van der Waals surface area contributed by atoms with Crippen LogP contribution in [0.1, 0.15) is 37.7 Å². The quantitative estimate of drug-likeness (QED) is 0.143. The molecule has 5 atom stereocenters. The van der Waals surface area contributed by atoms with E-state index in [4.69, 9.17) is 21.4 Å². The van der Waals surface area contributed by atoms with Crippen molar-refractivity contribution in [3.63, 3.8) is 0 Å². The molecule has 4 rings (SSSR count). The van der Waals surface area contributed by atoms with E-state index in [0.717, 1.165) is 38.8 Å². The van der Waals surface area contributed by atoms with Crippen LogP contribution < -0.4 is 15.0 Å². The molecule has 0 saturated carbocycles. The molecule has 0 spiro atoms. The summed E-state index contributed by atoms with van der Waals surface area (Å²) in [6, 6.07) is 4.46. The molecule has 0 unspecified atom stereocenters. The Morgan fingerprint density at radius 2 is 1.74 bits per heavy atom. The topological polar surface area (TPSA) is 189 Å². The second-order valence-corrected chi connectivity index (χ2v) is 12.4. The van der Waals surface area contributed by atoms with Crippen LogP contribution in [0.4, 0.5) is 10.3 Å². The SMILES string of the molecule is O=C(NC[C@H](O)[C@@H](O)[C@H](O)[C@H](O)CO)[C@H]1CCN(C(=O)Cc2ccc(OCCCC3CCN(c4ncc(Cl)cn4)CC3)cc2F)C1. The Balaban J connectivity index is 1.13. The molecule has 3 heterocycles. The van der Waals surface area contributed by atoms with Gasteiger partial charge in [0.05, 0.1) is 49.1 Å². The molecule has 1 aromatic carbocycles. The summed E-state index contributed by atoms with van der Waals surface area (Å²) in [6.45, 7) is 1.42. The van der Waals surface area contributed by atoms with E-state index in [0.29, 0.717) is 42.2 Å². The van der Waals surface area contributed by atoms with E-state index in [1.807, 2.05) is 0 Å². The van der Waals surface area contributed by atoms with Crippen LogP contribution in [0.2, 0.25) is 5.02 Å². The molecule has 2 amide bonds. The van der Waals surface area contributed by atoms with Crippen molar-refractivity contribution >= 4 is 29.4 Å². The van der Waals surface area contributed by atoms with E-state index in [9.17, 15) is 34.4 Å². The zero-order chi connectivity index (χ0) is 33.2. The highest BCUT2D eigenvalue weighted by molar-refractivity contribution is 6.30. The molecule has 6 N–H and O–H groups in total. The molecule has 15 heteroatoms. The lowest BCUT2D eigenvalue weighted by atomic mass is 9.92. The lowest BCUT2D eigenvalue weighted by molar-refractivity contribution is -0.131. The number of nitrogens with one attached hydrogen (secondary N) is 1. The Bertz CT molecular complexity index is 1290. The number of carbonyl (C=O) groups excluding carboxylic acids is 2. The molecule has 46 heavy (non-hydrogen) atoms. The van der Waals surface area contributed by atoms with Gasteiger partial charge in [-0.15, -0.1) is 0 Å². The summed E-state index contributed by atoms with van der Waals surface area (Å²) in [7, 11) is 0. The number of aliphatic hydroxyl groups is 5. The number of benzene rings is 1. The molecule has 13 nitrogen and oxygen atoms in total. The average molecular weight is 668 g/mol. The van der Waals surface area contributed by atoms with Gasteiger partial charge in [-0.25, -0.2) is 14.4 Å². The molecule has 2 fully saturated rings. The Kier molecular flexibility index (Phi) is 13.3. The van der Waals surface area contributed by atoms with Gasteiger partial charge in [-0.2, -0.15) is 0 Å². The Labute approximate surface area is 272 Å². The van der Waals surface area contributed by atoms with E-state index in [2.05, 4.69) is 20.2 Å². The van der Waals surface area contributed by atoms with Crippen LogP contribution in [0.25, 0.3) is 0 Å². The van der Waals surface area contributed by atoms with Gasteiger partial charge < -0.3 is 45.4 Å². The molecule has 254 valence electrons. The van der Waals surface area contributed by atoms with Crippen molar-refractivity contribution in [3.8, 4) is 5.75 Å². The fourth-order valence-electron chi connectivity index (χ4n) is 5.72. The zero-order valence-electron chi connectivity index (χ0n) is 25.5. The van der Waals surface area contributed by atoms with Gasteiger partial charge in [0.1, 0.15) is 29.9 Å². The van der Waals surface area contributed by atoms with Crippen LogP contribution in [-0.4, -0.2) is 123 Å². The second kappa shape index (κ2) is 17.1. The molecular formula is C31H43ClFN5O8. The highest BCUT2D eigenvalue weighted by Gasteiger charge is 2.33. The normalized spacial score (nSPS) is 19.8. The fraction of sp³-hybridized carbons (Fsp3) is 0.613. The number of anilines is 1. The van der Waals surface area contributed by atoms with Gasteiger partial charge in [-0.05, 0) is 49.7 Å². The number of carbonyl (C=O) groups is 2. The number of piperidine rings is 1. The first-order chi connectivity index (χ1) is 22.0. The number of nitrogens with zero attached hydrogens (tertiary/aromatic N) is 4. The van der Waals surface area contributed by atoms with Crippen molar-refractivity contribution in [1.29, 1.82) is 0 Å². The summed E-state index contributed by atoms with van der Waals surface area (Å²) in [5, 5.41) is 50.8. The molecular weight excluding hydrogens is 625 g/mol. The summed E-state index contributed by atoms with van der Waals surface area (Å²) in [5.74, 6) is -0.230. The first-order valence-corrected chi connectivity index (χ1v) is 16.0. The maximum atomic E-state index is 14.8. The Hall–Kier alpha value is -3.14. The van der Waals surface area contributed by atoms with Crippen LogP contribution in [-0.2, 0) is 16.0 Å². The minimum Gasteiger partial charge on any atom is -0.493 e. The molecule has 0 aliphatic carbocycles. The molecule has 2 aliphatic heterocycles. The Morgan fingerprint density at radius 1 is 1.04 bits per heavy atom. The summed E-state index contributed by atoms with van der Waals surface area (Å²) >= 11 is 5.87. The van der Waals surface area contributed by atoms with Crippen molar-refractivity contribution in [3.05, 3.63) is 47.0 Å². The monoisotopic (exact) mass is 667 g/mol. The van der Waals surface area contributed by atoms with Gasteiger partial charge in [-0.3, -0.25) is 9.59 Å². The Morgan fingerprint density at radius 3 is 2.41 bits per heavy atom. The number of hydrogen-bond acceptors (Lipinski definition) is 11. The van der Waals surface area contributed by atoms with Crippen molar-refractivity contribution in [1.82, 2.24) is 20.2 Å². The molecule has 2 aliphatic rings. The van der Waals surface area contributed by atoms with Gasteiger partial charge in [0.15, 0.2) is 0 Å². The third kappa shape index (κ3) is 9.93. The van der Waals surface area contributed by atoms with Crippen LogP contribution in [0.3, 0.4) is 0 Å². The van der Waals surface area contributed by atoms with E-state index >= 15 is 0 Å². The standard InChI is InChI=1S/C31H43ClFN5O8/c32-22-14-35-31(36-15-22)37-8-5-19(6-9-37)2-1-11-46-23-4-3-20(24(33)13-23)12-27(42)38-10-7-21(17-38)30(45)34-16-25(40)28(43)29(44)26(41)18-39/h3-4,13-15,19,21,25-26,28-29,39-41,43-44H,1-2,5-12,16-18H2,(H,34,45)/t21-,25-,26+,28+,29+/m0/s1. The van der Waals surface area contributed by atoms with Crippen molar-refractivity contribution in [2.24, 2.45) is 11.8 Å². The number of likely N-dealkylation sites (tertiary alicyclic amines) is 1. The summed E-state index contributed by atoms with van der Waals surface area (Å²) in [6.07, 6.45) is 0.473.